The summed E-state index contributed by atoms with van der Waals surface area (Å²) >= 11 is 0. The van der Waals surface area contributed by atoms with Gasteiger partial charge in [-0.1, -0.05) is 13.8 Å². The summed E-state index contributed by atoms with van der Waals surface area (Å²) in [4.78, 5) is 8.78. The van der Waals surface area contributed by atoms with E-state index in [1.165, 1.54) is 0 Å². The summed E-state index contributed by atoms with van der Waals surface area (Å²) in [5, 5.41) is 0. The zero-order valence-corrected chi connectivity index (χ0v) is 9.23. The highest BCUT2D eigenvalue weighted by molar-refractivity contribution is 5.91. The summed E-state index contributed by atoms with van der Waals surface area (Å²) < 4.78 is 5.63. The highest BCUT2D eigenvalue weighted by Gasteiger charge is 2.19. The molecule has 3 heteroatoms. The van der Waals surface area contributed by atoms with Crippen LogP contribution in [0.15, 0.2) is 23.3 Å². The second-order valence-corrected chi connectivity index (χ2v) is 3.73. The quantitative estimate of drug-likeness (QED) is 0.758. The fourth-order valence-corrected chi connectivity index (χ4v) is 1.87. The van der Waals surface area contributed by atoms with E-state index in [1.54, 1.807) is 6.20 Å². The molecule has 1 aromatic heterocycles. The van der Waals surface area contributed by atoms with Crippen molar-refractivity contribution < 1.29 is 4.74 Å². The minimum absolute atomic E-state index is 0.528. The molecule has 0 unspecified atom stereocenters. The fourth-order valence-electron chi connectivity index (χ4n) is 1.87. The van der Waals surface area contributed by atoms with Crippen molar-refractivity contribution in [1.29, 1.82) is 0 Å². The van der Waals surface area contributed by atoms with Crippen LogP contribution in [0.5, 0.6) is 5.75 Å². The standard InChI is InChI=1S/C12H16N2O/c1-3-9(4-2)10-8-15-11-6-5-7-13-12(11)14-10/h5-7,9H,3-4,8H2,1-2H3. The number of pyridine rings is 1. The summed E-state index contributed by atoms with van der Waals surface area (Å²) in [5.41, 5.74) is 1.13. The van der Waals surface area contributed by atoms with Gasteiger partial charge in [-0.2, -0.15) is 0 Å². The third-order valence-corrected chi connectivity index (χ3v) is 2.83. The van der Waals surface area contributed by atoms with E-state index in [1.807, 2.05) is 12.1 Å². The monoisotopic (exact) mass is 204 g/mol. The number of fused-ring (bicyclic) bond motifs is 1. The normalized spacial score (nSPS) is 14.5. The van der Waals surface area contributed by atoms with Gasteiger partial charge in [0, 0.05) is 12.1 Å². The number of nitrogens with zero attached hydrogens (tertiary/aromatic N) is 2. The number of aliphatic imine (C=N–C) groups is 1. The van der Waals surface area contributed by atoms with Crippen LogP contribution in [0.1, 0.15) is 26.7 Å². The van der Waals surface area contributed by atoms with Gasteiger partial charge in [-0.3, -0.25) is 0 Å². The summed E-state index contributed by atoms with van der Waals surface area (Å²) in [6.07, 6.45) is 3.98. The number of hydrogen-bond donors (Lipinski definition) is 0. The molecule has 0 atom stereocenters. The number of aromatic nitrogens is 1. The molecule has 80 valence electrons. The Labute approximate surface area is 90.2 Å². The van der Waals surface area contributed by atoms with E-state index in [-0.39, 0.29) is 0 Å². The molecule has 0 radical (unpaired) electrons. The average molecular weight is 204 g/mol. The molecule has 1 aromatic rings. The van der Waals surface area contributed by atoms with E-state index >= 15 is 0 Å². The predicted molar refractivity (Wildman–Crippen MR) is 60.9 cm³/mol. The van der Waals surface area contributed by atoms with Crippen molar-refractivity contribution in [3.05, 3.63) is 18.3 Å². The van der Waals surface area contributed by atoms with Gasteiger partial charge in [0.15, 0.2) is 11.6 Å². The fraction of sp³-hybridized carbons (Fsp3) is 0.500. The number of rotatable bonds is 3. The molecule has 1 aliphatic rings. The Morgan fingerprint density at radius 1 is 1.40 bits per heavy atom. The lowest BCUT2D eigenvalue weighted by Crippen LogP contribution is -2.23. The molecule has 0 N–H and O–H groups in total. The second-order valence-electron chi connectivity index (χ2n) is 3.73. The third-order valence-electron chi connectivity index (χ3n) is 2.83. The van der Waals surface area contributed by atoms with Gasteiger partial charge in [0.25, 0.3) is 0 Å². The molecular formula is C12H16N2O. The molecule has 1 aliphatic heterocycles. The van der Waals surface area contributed by atoms with Crippen molar-refractivity contribution in [2.24, 2.45) is 10.9 Å². The summed E-state index contributed by atoms with van der Waals surface area (Å²) in [6, 6.07) is 3.78. The molecular weight excluding hydrogens is 188 g/mol. The zero-order valence-electron chi connectivity index (χ0n) is 9.23. The predicted octanol–water partition coefficient (Wildman–Crippen LogP) is 2.98. The van der Waals surface area contributed by atoms with Crippen molar-refractivity contribution in [2.45, 2.75) is 26.7 Å². The van der Waals surface area contributed by atoms with Gasteiger partial charge in [-0.05, 0) is 25.0 Å². The molecule has 0 saturated heterocycles. The van der Waals surface area contributed by atoms with Crippen molar-refractivity contribution in [3.63, 3.8) is 0 Å². The van der Waals surface area contributed by atoms with E-state index in [4.69, 9.17) is 4.74 Å². The van der Waals surface area contributed by atoms with Gasteiger partial charge < -0.3 is 4.74 Å². The third kappa shape index (κ3) is 2.01. The lowest BCUT2D eigenvalue weighted by Gasteiger charge is -2.21. The highest BCUT2D eigenvalue weighted by atomic mass is 16.5. The molecule has 0 bridgehead atoms. The zero-order chi connectivity index (χ0) is 10.7. The average Bonchev–Trinajstić information content (AvgIpc) is 2.30. The maximum absolute atomic E-state index is 5.63. The van der Waals surface area contributed by atoms with Gasteiger partial charge in [0.1, 0.15) is 6.61 Å². The van der Waals surface area contributed by atoms with Crippen molar-refractivity contribution in [3.8, 4) is 5.75 Å². The first-order valence-corrected chi connectivity index (χ1v) is 5.50. The molecule has 3 nitrogen and oxygen atoms in total. The minimum Gasteiger partial charge on any atom is -0.484 e. The summed E-state index contributed by atoms with van der Waals surface area (Å²) in [6.45, 7) is 4.99. The molecule has 0 fully saturated rings. The van der Waals surface area contributed by atoms with Crippen LogP contribution >= 0.6 is 0 Å². The summed E-state index contributed by atoms with van der Waals surface area (Å²) in [5.74, 6) is 2.05. The Morgan fingerprint density at radius 3 is 2.93 bits per heavy atom. The van der Waals surface area contributed by atoms with E-state index in [0.29, 0.717) is 12.5 Å². The maximum atomic E-state index is 5.63. The van der Waals surface area contributed by atoms with Gasteiger partial charge in [-0.15, -0.1) is 0 Å². The minimum atomic E-state index is 0.528. The van der Waals surface area contributed by atoms with Crippen LogP contribution in [0, 0.1) is 5.92 Å². The maximum Gasteiger partial charge on any atom is 0.195 e. The molecule has 0 aliphatic carbocycles. The SMILES string of the molecule is CCC(CC)C1=Nc2ncccc2OC1. The number of ether oxygens (including phenoxy) is 1. The Kier molecular flexibility index (Phi) is 2.99. The molecule has 0 spiro atoms. The van der Waals surface area contributed by atoms with E-state index in [2.05, 4.69) is 23.8 Å². The lowest BCUT2D eigenvalue weighted by molar-refractivity contribution is 0.360. The first-order valence-electron chi connectivity index (χ1n) is 5.50. The Morgan fingerprint density at radius 2 is 2.20 bits per heavy atom. The molecule has 15 heavy (non-hydrogen) atoms. The molecule has 2 heterocycles. The van der Waals surface area contributed by atoms with Crippen LogP contribution in [-0.4, -0.2) is 17.3 Å². The van der Waals surface area contributed by atoms with Crippen molar-refractivity contribution >= 4 is 11.5 Å². The van der Waals surface area contributed by atoms with Crippen molar-refractivity contribution in [2.75, 3.05) is 6.61 Å². The highest BCUT2D eigenvalue weighted by Crippen LogP contribution is 2.29. The molecule has 0 saturated carbocycles. The molecule has 0 aromatic carbocycles. The lowest BCUT2D eigenvalue weighted by atomic mass is 9.97. The van der Waals surface area contributed by atoms with Gasteiger partial charge >= 0.3 is 0 Å². The summed E-state index contributed by atoms with van der Waals surface area (Å²) in [7, 11) is 0. The van der Waals surface area contributed by atoms with Gasteiger partial charge in [0.05, 0.1) is 5.71 Å². The first kappa shape index (κ1) is 10.1. The largest absolute Gasteiger partial charge is 0.484 e. The first-order chi connectivity index (χ1) is 7.35. The van der Waals surface area contributed by atoms with Crippen LogP contribution in [0.3, 0.4) is 0 Å². The molecule has 2 rings (SSSR count). The topological polar surface area (TPSA) is 34.5 Å². The van der Waals surface area contributed by atoms with Crippen LogP contribution in [0.25, 0.3) is 0 Å². The smallest absolute Gasteiger partial charge is 0.195 e. The van der Waals surface area contributed by atoms with Crippen LogP contribution in [0.4, 0.5) is 5.82 Å². The van der Waals surface area contributed by atoms with E-state index in [9.17, 15) is 0 Å². The van der Waals surface area contributed by atoms with E-state index < -0.39 is 0 Å². The van der Waals surface area contributed by atoms with Crippen molar-refractivity contribution in [1.82, 2.24) is 4.98 Å². The van der Waals surface area contributed by atoms with Gasteiger partial charge in [0.2, 0.25) is 0 Å². The van der Waals surface area contributed by atoms with Crippen LogP contribution in [-0.2, 0) is 0 Å². The van der Waals surface area contributed by atoms with Gasteiger partial charge in [-0.25, -0.2) is 9.98 Å². The van der Waals surface area contributed by atoms with E-state index in [0.717, 1.165) is 30.1 Å². The van der Waals surface area contributed by atoms with Crippen LogP contribution < -0.4 is 4.74 Å². The molecule has 0 amide bonds. The Balaban J connectivity index is 2.28. The second kappa shape index (κ2) is 4.43. The Bertz CT molecular complexity index is 370. The Hall–Kier alpha value is -1.38. The van der Waals surface area contributed by atoms with Crippen LogP contribution in [0.2, 0.25) is 0 Å². The number of hydrogen-bond acceptors (Lipinski definition) is 3.